The van der Waals surface area contributed by atoms with Crippen molar-refractivity contribution < 1.29 is 18.0 Å². The van der Waals surface area contributed by atoms with Gasteiger partial charge in [0.25, 0.3) is 5.91 Å². The van der Waals surface area contributed by atoms with Crippen LogP contribution in [0.3, 0.4) is 0 Å². The molecular weight excluding hydrogens is 442 g/mol. The number of benzene rings is 1. The van der Waals surface area contributed by atoms with E-state index in [0.717, 1.165) is 19.4 Å². The number of piperidine rings is 1. The standard InChI is InChI=1S/C23H31N5O4S/c1-15-7-9-18(33(31,32)27-23(2,3)4)12-19(15)22(30)26-17-8-10-20(25-13-17)28-11-5-6-16(14-28)21(24)29/h7-10,12-13,16,27H,5-6,11,14H2,1-4H3,(H2,24,29)(H,26,30). The average molecular weight is 474 g/mol. The van der Waals surface area contributed by atoms with Gasteiger partial charge in [-0.3, -0.25) is 9.59 Å². The second-order valence-corrected chi connectivity index (χ2v) is 11.1. The van der Waals surface area contributed by atoms with Crippen LogP contribution in [0.15, 0.2) is 41.4 Å². The number of nitrogens with two attached hydrogens (primary N) is 1. The van der Waals surface area contributed by atoms with E-state index in [1.165, 1.54) is 18.3 Å². The summed E-state index contributed by atoms with van der Waals surface area (Å²) in [6.07, 6.45) is 3.17. The molecule has 33 heavy (non-hydrogen) atoms. The first-order chi connectivity index (χ1) is 15.4. The lowest BCUT2D eigenvalue weighted by molar-refractivity contribution is -0.122. The molecule has 2 amide bonds. The Balaban J connectivity index is 1.74. The number of nitrogens with one attached hydrogen (secondary N) is 2. The quantitative estimate of drug-likeness (QED) is 0.590. The number of anilines is 2. The van der Waals surface area contributed by atoms with Crippen molar-refractivity contribution in [2.24, 2.45) is 11.7 Å². The number of aryl methyl sites for hydroxylation is 1. The van der Waals surface area contributed by atoms with Crippen LogP contribution in [0.5, 0.6) is 0 Å². The maximum Gasteiger partial charge on any atom is 0.256 e. The second kappa shape index (κ2) is 9.48. The topological polar surface area (TPSA) is 134 Å². The molecule has 1 aliphatic rings. The second-order valence-electron chi connectivity index (χ2n) is 9.38. The Morgan fingerprint density at radius 2 is 1.91 bits per heavy atom. The van der Waals surface area contributed by atoms with Gasteiger partial charge in [-0.15, -0.1) is 0 Å². The van der Waals surface area contributed by atoms with Gasteiger partial charge in [-0.2, -0.15) is 0 Å². The summed E-state index contributed by atoms with van der Waals surface area (Å²) < 4.78 is 27.9. The highest BCUT2D eigenvalue weighted by Crippen LogP contribution is 2.23. The highest BCUT2D eigenvalue weighted by molar-refractivity contribution is 7.89. The van der Waals surface area contributed by atoms with Gasteiger partial charge in [0.2, 0.25) is 15.9 Å². The van der Waals surface area contributed by atoms with E-state index in [-0.39, 0.29) is 22.3 Å². The molecule has 1 aromatic heterocycles. The lowest BCUT2D eigenvalue weighted by atomic mass is 9.97. The number of pyridine rings is 1. The van der Waals surface area contributed by atoms with Crippen molar-refractivity contribution in [1.29, 1.82) is 0 Å². The zero-order chi connectivity index (χ0) is 24.4. The molecule has 4 N–H and O–H groups in total. The largest absolute Gasteiger partial charge is 0.369 e. The van der Waals surface area contributed by atoms with Crippen LogP contribution in [0.2, 0.25) is 0 Å². The number of aromatic nitrogens is 1. The summed E-state index contributed by atoms with van der Waals surface area (Å²) in [4.78, 5) is 30.8. The van der Waals surface area contributed by atoms with E-state index in [4.69, 9.17) is 5.73 Å². The molecule has 1 saturated heterocycles. The molecule has 10 heteroatoms. The van der Waals surface area contributed by atoms with Crippen LogP contribution in [0.25, 0.3) is 0 Å². The molecule has 9 nitrogen and oxygen atoms in total. The summed E-state index contributed by atoms with van der Waals surface area (Å²) in [6, 6.07) is 7.97. The van der Waals surface area contributed by atoms with Crippen LogP contribution in [0, 0.1) is 12.8 Å². The molecule has 0 aliphatic carbocycles. The summed E-state index contributed by atoms with van der Waals surface area (Å²) in [7, 11) is -3.77. The molecule has 0 radical (unpaired) electrons. The molecule has 1 fully saturated rings. The zero-order valence-electron chi connectivity index (χ0n) is 19.4. The molecule has 1 atom stereocenters. The van der Waals surface area contributed by atoms with E-state index in [9.17, 15) is 18.0 Å². The smallest absolute Gasteiger partial charge is 0.256 e. The van der Waals surface area contributed by atoms with Gasteiger partial charge in [0.1, 0.15) is 5.82 Å². The van der Waals surface area contributed by atoms with Crippen LogP contribution < -0.4 is 20.7 Å². The monoisotopic (exact) mass is 473 g/mol. The van der Waals surface area contributed by atoms with Gasteiger partial charge in [-0.05, 0) is 70.4 Å². The normalized spacial score (nSPS) is 17.0. The van der Waals surface area contributed by atoms with Crippen LogP contribution >= 0.6 is 0 Å². The Bertz CT molecular complexity index is 1140. The first kappa shape index (κ1) is 24.7. The predicted molar refractivity (Wildman–Crippen MR) is 128 cm³/mol. The van der Waals surface area contributed by atoms with Gasteiger partial charge in [0.15, 0.2) is 0 Å². The molecule has 2 aromatic rings. The van der Waals surface area contributed by atoms with Crippen LogP contribution in [-0.2, 0) is 14.8 Å². The third-order valence-corrected chi connectivity index (χ3v) is 7.11. The fourth-order valence-electron chi connectivity index (χ4n) is 3.74. The van der Waals surface area contributed by atoms with Crippen molar-refractivity contribution in [3.05, 3.63) is 47.7 Å². The average Bonchev–Trinajstić information content (AvgIpc) is 2.72. The van der Waals surface area contributed by atoms with Crippen LogP contribution in [0.4, 0.5) is 11.5 Å². The van der Waals surface area contributed by atoms with Crippen molar-refractivity contribution >= 4 is 33.3 Å². The number of hydrogen-bond donors (Lipinski definition) is 3. The molecule has 0 bridgehead atoms. The third kappa shape index (κ3) is 6.29. The molecule has 0 spiro atoms. The summed E-state index contributed by atoms with van der Waals surface area (Å²) in [5.41, 5.74) is 6.19. The van der Waals surface area contributed by atoms with Gasteiger partial charge >= 0.3 is 0 Å². The maximum absolute atomic E-state index is 12.9. The van der Waals surface area contributed by atoms with E-state index in [0.29, 0.717) is 23.6 Å². The number of carbonyl (C=O) groups excluding carboxylic acids is 2. The summed E-state index contributed by atoms with van der Waals surface area (Å²) in [6.45, 7) is 8.31. The van der Waals surface area contributed by atoms with E-state index < -0.39 is 21.5 Å². The summed E-state index contributed by atoms with van der Waals surface area (Å²) >= 11 is 0. The van der Waals surface area contributed by atoms with E-state index in [1.54, 1.807) is 45.9 Å². The summed E-state index contributed by atoms with van der Waals surface area (Å²) in [5, 5.41) is 2.77. The maximum atomic E-state index is 12.9. The van der Waals surface area contributed by atoms with Crippen molar-refractivity contribution in [3.63, 3.8) is 0 Å². The third-order valence-electron chi connectivity index (χ3n) is 5.36. The first-order valence-corrected chi connectivity index (χ1v) is 12.3. The fourth-order valence-corrected chi connectivity index (χ4v) is 5.18. The minimum Gasteiger partial charge on any atom is -0.369 e. The van der Waals surface area contributed by atoms with Gasteiger partial charge in [-0.25, -0.2) is 18.1 Å². The van der Waals surface area contributed by atoms with Crippen molar-refractivity contribution in [2.75, 3.05) is 23.3 Å². The van der Waals surface area contributed by atoms with Gasteiger partial charge in [0.05, 0.1) is 22.7 Å². The van der Waals surface area contributed by atoms with Gasteiger partial charge in [0, 0.05) is 24.2 Å². The van der Waals surface area contributed by atoms with E-state index in [1.807, 2.05) is 4.90 Å². The Labute approximate surface area is 194 Å². The number of rotatable bonds is 6. The first-order valence-electron chi connectivity index (χ1n) is 10.8. The molecule has 0 saturated carbocycles. The van der Waals surface area contributed by atoms with Crippen molar-refractivity contribution in [1.82, 2.24) is 9.71 Å². The molecule has 1 aliphatic heterocycles. The molecular formula is C23H31N5O4S. The van der Waals surface area contributed by atoms with E-state index in [2.05, 4.69) is 15.0 Å². The number of carbonyl (C=O) groups is 2. The number of sulfonamides is 1. The lowest BCUT2D eigenvalue weighted by Crippen LogP contribution is -2.41. The zero-order valence-corrected chi connectivity index (χ0v) is 20.2. The highest BCUT2D eigenvalue weighted by atomic mass is 32.2. The Hall–Kier alpha value is -2.98. The van der Waals surface area contributed by atoms with Crippen LogP contribution in [0.1, 0.15) is 49.5 Å². The number of amides is 2. The minimum absolute atomic E-state index is 0.0238. The molecule has 3 rings (SSSR count). The molecule has 178 valence electrons. The van der Waals surface area contributed by atoms with Crippen molar-refractivity contribution in [3.8, 4) is 0 Å². The summed E-state index contributed by atoms with van der Waals surface area (Å²) in [5.74, 6) is -0.224. The highest BCUT2D eigenvalue weighted by Gasteiger charge is 2.25. The van der Waals surface area contributed by atoms with Crippen molar-refractivity contribution in [2.45, 2.75) is 51.0 Å². The number of hydrogen-bond acceptors (Lipinski definition) is 6. The molecule has 1 unspecified atom stereocenters. The fraction of sp³-hybridized carbons (Fsp3) is 0.435. The van der Waals surface area contributed by atoms with Gasteiger partial charge < -0.3 is 16.0 Å². The lowest BCUT2D eigenvalue weighted by Gasteiger charge is -2.32. The number of primary amides is 1. The van der Waals surface area contributed by atoms with Crippen LogP contribution in [-0.4, -0.2) is 43.8 Å². The minimum atomic E-state index is -3.77. The number of nitrogens with zero attached hydrogens (tertiary/aromatic N) is 2. The van der Waals surface area contributed by atoms with Gasteiger partial charge in [-0.1, -0.05) is 6.07 Å². The predicted octanol–water partition coefficient (Wildman–Crippen LogP) is 2.42. The Morgan fingerprint density at radius 1 is 1.18 bits per heavy atom. The SMILES string of the molecule is Cc1ccc(S(=O)(=O)NC(C)(C)C)cc1C(=O)Nc1ccc(N2CCCC(C(N)=O)C2)nc1. The van der Waals surface area contributed by atoms with E-state index >= 15 is 0 Å². The molecule has 1 aromatic carbocycles. The molecule has 2 heterocycles. The Morgan fingerprint density at radius 3 is 2.52 bits per heavy atom. The Kier molecular flexibility index (Phi) is 7.08.